The lowest BCUT2D eigenvalue weighted by atomic mass is 10.2. The number of nitrogens with zero attached hydrogens (tertiary/aromatic N) is 4. The van der Waals surface area contributed by atoms with Gasteiger partial charge in [0.05, 0.1) is 20.8 Å². The maximum Gasteiger partial charge on any atom is 0.264 e. The van der Waals surface area contributed by atoms with Crippen LogP contribution in [0.1, 0.15) is 24.2 Å². The summed E-state index contributed by atoms with van der Waals surface area (Å²) in [5.41, 5.74) is 1.83. The number of para-hydroxylation sites is 1. The van der Waals surface area contributed by atoms with Gasteiger partial charge in [0.2, 0.25) is 0 Å². The van der Waals surface area contributed by atoms with Crippen LogP contribution < -0.4 is 9.21 Å². The zero-order chi connectivity index (χ0) is 27.3. The van der Waals surface area contributed by atoms with Crippen molar-refractivity contribution in [3.8, 4) is 0 Å². The van der Waals surface area contributed by atoms with Gasteiger partial charge in [0.25, 0.3) is 15.9 Å². The highest BCUT2D eigenvalue weighted by atomic mass is 32.2. The van der Waals surface area contributed by atoms with Gasteiger partial charge in [-0.3, -0.25) is 14.0 Å². The number of fused-ring (bicyclic) bond motifs is 1. The minimum absolute atomic E-state index is 0.125. The first kappa shape index (κ1) is 28.1. The van der Waals surface area contributed by atoms with Crippen LogP contribution in [0.5, 0.6) is 0 Å². The van der Waals surface area contributed by atoms with Crippen molar-refractivity contribution in [2.24, 2.45) is 0 Å². The van der Waals surface area contributed by atoms with Crippen LogP contribution in [0, 0.1) is 0 Å². The Labute approximate surface area is 233 Å². The predicted molar refractivity (Wildman–Crippen MR) is 159 cm³/mol. The van der Waals surface area contributed by atoms with E-state index in [9.17, 15) is 13.2 Å². The van der Waals surface area contributed by atoms with Gasteiger partial charge in [-0.25, -0.2) is 13.4 Å². The second kappa shape index (κ2) is 12.3. The van der Waals surface area contributed by atoms with Crippen molar-refractivity contribution in [3.63, 3.8) is 0 Å². The molecule has 4 rings (SSSR count). The zero-order valence-electron chi connectivity index (χ0n) is 22.0. The van der Waals surface area contributed by atoms with E-state index in [4.69, 9.17) is 4.98 Å². The monoisotopic (exact) mass is 568 g/mol. The van der Waals surface area contributed by atoms with Crippen molar-refractivity contribution >= 4 is 60.1 Å². The summed E-state index contributed by atoms with van der Waals surface area (Å²) < 4.78 is 28.6. The molecule has 0 aliphatic heterocycles. The minimum atomic E-state index is -3.77. The molecule has 0 saturated carbocycles. The van der Waals surface area contributed by atoms with Gasteiger partial charge in [-0.1, -0.05) is 43.4 Å². The molecule has 1 aromatic heterocycles. The molecule has 4 aromatic rings. The summed E-state index contributed by atoms with van der Waals surface area (Å²) in [6.07, 6.45) is 2.03. The highest BCUT2D eigenvalue weighted by Crippen LogP contribution is 2.32. The average Bonchev–Trinajstić information content (AvgIpc) is 3.38. The van der Waals surface area contributed by atoms with Crippen molar-refractivity contribution < 1.29 is 13.2 Å². The summed E-state index contributed by atoms with van der Waals surface area (Å²) in [6, 6.07) is 21.2. The molecule has 10 heteroatoms. The Morgan fingerprint density at radius 3 is 2.26 bits per heavy atom. The van der Waals surface area contributed by atoms with Gasteiger partial charge in [-0.2, -0.15) is 0 Å². The lowest BCUT2D eigenvalue weighted by molar-refractivity contribution is 0.0983. The van der Waals surface area contributed by atoms with Gasteiger partial charge in [0.1, 0.15) is 0 Å². The molecule has 0 radical (unpaired) electrons. The fraction of sp³-hybridized carbons (Fsp3) is 0.286. The van der Waals surface area contributed by atoms with Crippen molar-refractivity contribution in [2.45, 2.75) is 23.6 Å². The SMILES string of the molecule is CCN(CC)CCN(C(=O)c1ccc(S(=O)(=O)N(C)c2ccccc2)cc1)c1nc2ccc(SC)cc2s1. The van der Waals surface area contributed by atoms with E-state index in [0.717, 1.165) is 28.2 Å². The van der Waals surface area contributed by atoms with Gasteiger partial charge in [0.15, 0.2) is 5.13 Å². The van der Waals surface area contributed by atoms with Crippen molar-refractivity contribution in [3.05, 3.63) is 78.4 Å². The minimum Gasteiger partial charge on any atom is -0.302 e. The maximum absolute atomic E-state index is 13.8. The van der Waals surface area contributed by atoms with E-state index in [2.05, 4.69) is 24.8 Å². The van der Waals surface area contributed by atoms with Crippen LogP contribution in [-0.4, -0.2) is 63.7 Å². The van der Waals surface area contributed by atoms with Crippen LogP contribution in [-0.2, 0) is 10.0 Å². The van der Waals surface area contributed by atoms with E-state index >= 15 is 0 Å². The van der Waals surface area contributed by atoms with Crippen LogP contribution in [0.25, 0.3) is 10.2 Å². The van der Waals surface area contributed by atoms with E-state index in [1.165, 1.54) is 34.8 Å². The van der Waals surface area contributed by atoms with Gasteiger partial charge >= 0.3 is 0 Å². The molecule has 1 amide bonds. The number of anilines is 2. The van der Waals surface area contributed by atoms with Crippen molar-refractivity contribution in [1.82, 2.24) is 9.88 Å². The summed E-state index contributed by atoms with van der Waals surface area (Å²) in [6.45, 7) is 7.16. The Kier molecular flexibility index (Phi) is 9.09. The molecule has 0 aliphatic carbocycles. The summed E-state index contributed by atoms with van der Waals surface area (Å²) in [7, 11) is -2.25. The largest absolute Gasteiger partial charge is 0.302 e. The summed E-state index contributed by atoms with van der Waals surface area (Å²) >= 11 is 3.16. The first-order valence-corrected chi connectivity index (χ1v) is 15.9. The summed E-state index contributed by atoms with van der Waals surface area (Å²) in [5, 5.41) is 0.635. The topological polar surface area (TPSA) is 73.8 Å². The van der Waals surface area contributed by atoms with Gasteiger partial charge in [-0.15, -0.1) is 11.8 Å². The number of rotatable bonds is 11. The highest BCUT2D eigenvalue weighted by molar-refractivity contribution is 7.98. The number of hydrogen-bond acceptors (Lipinski definition) is 7. The normalized spacial score (nSPS) is 11.7. The Hall–Kier alpha value is -2.92. The number of thiazole rings is 1. The van der Waals surface area contributed by atoms with E-state index in [1.54, 1.807) is 53.1 Å². The predicted octanol–water partition coefficient (Wildman–Crippen LogP) is 5.83. The fourth-order valence-corrected chi connectivity index (χ4v) is 6.80. The van der Waals surface area contributed by atoms with Crippen molar-refractivity contribution in [1.29, 1.82) is 0 Å². The van der Waals surface area contributed by atoms with Crippen LogP contribution in [0.3, 0.4) is 0 Å². The Balaban J connectivity index is 1.63. The second-order valence-electron chi connectivity index (χ2n) is 8.65. The summed E-state index contributed by atoms with van der Waals surface area (Å²) in [5.74, 6) is -0.207. The van der Waals surface area contributed by atoms with Gasteiger partial charge in [-0.05, 0) is 73.9 Å². The summed E-state index contributed by atoms with van der Waals surface area (Å²) in [4.78, 5) is 23.8. The maximum atomic E-state index is 13.8. The quantitative estimate of drug-likeness (QED) is 0.212. The number of aromatic nitrogens is 1. The van der Waals surface area contributed by atoms with E-state index < -0.39 is 10.0 Å². The first-order valence-electron chi connectivity index (χ1n) is 12.4. The molecule has 3 aromatic carbocycles. The van der Waals surface area contributed by atoms with Crippen LogP contribution in [0.2, 0.25) is 0 Å². The molecular formula is C28H32N4O3S3. The number of amides is 1. The molecule has 1 heterocycles. The standard InChI is InChI=1S/C28H32N4O3S3/c1-5-31(6-2)18-19-32(28-29-25-17-14-23(36-4)20-26(25)37-28)27(33)21-12-15-24(16-13-21)38(34,35)30(3)22-10-8-7-9-11-22/h7-17,20H,5-6,18-19H2,1-4H3. The second-order valence-corrected chi connectivity index (χ2v) is 12.5. The highest BCUT2D eigenvalue weighted by Gasteiger charge is 2.25. The third-order valence-corrected chi connectivity index (χ3v) is 10.0. The van der Waals surface area contributed by atoms with Crippen LogP contribution in [0.15, 0.2) is 82.6 Å². The molecule has 0 atom stereocenters. The molecule has 0 unspecified atom stereocenters. The number of hydrogen-bond donors (Lipinski definition) is 0. The molecule has 7 nitrogen and oxygen atoms in total. The number of benzene rings is 3. The third kappa shape index (κ3) is 6.04. The lowest BCUT2D eigenvalue weighted by Crippen LogP contribution is -2.38. The number of carbonyl (C=O) groups is 1. The number of sulfonamides is 1. The molecule has 38 heavy (non-hydrogen) atoms. The fourth-order valence-electron chi connectivity index (χ4n) is 4.06. The first-order chi connectivity index (χ1) is 18.3. The van der Waals surface area contributed by atoms with Crippen molar-refractivity contribution in [2.75, 3.05) is 48.7 Å². The molecular weight excluding hydrogens is 537 g/mol. The Morgan fingerprint density at radius 1 is 0.947 bits per heavy atom. The molecule has 0 spiro atoms. The van der Waals surface area contributed by atoms with E-state index in [0.29, 0.717) is 29.5 Å². The molecule has 0 fully saturated rings. The molecule has 0 aliphatic rings. The molecule has 200 valence electrons. The average molecular weight is 569 g/mol. The van der Waals surface area contributed by atoms with Crippen LogP contribution >= 0.6 is 23.1 Å². The Bertz CT molecular complexity index is 1490. The number of likely N-dealkylation sites (N-methyl/N-ethyl adjacent to an activating group) is 1. The molecule has 0 N–H and O–H groups in total. The van der Waals surface area contributed by atoms with Gasteiger partial charge < -0.3 is 4.90 Å². The van der Waals surface area contributed by atoms with E-state index in [-0.39, 0.29) is 10.8 Å². The molecule has 0 bridgehead atoms. The number of thioether (sulfide) groups is 1. The van der Waals surface area contributed by atoms with E-state index in [1.807, 2.05) is 24.5 Å². The number of carbonyl (C=O) groups excluding carboxylic acids is 1. The molecule has 0 saturated heterocycles. The lowest BCUT2D eigenvalue weighted by Gasteiger charge is -2.25. The third-order valence-electron chi connectivity index (χ3n) is 6.47. The van der Waals surface area contributed by atoms with Crippen LogP contribution in [0.4, 0.5) is 10.8 Å². The Morgan fingerprint density at radius 2 is 1.63 bits per heavy atom. The van der Waals surface area contributed by atoms with Gasteiger partial charge in [0, 0.05) is 30.6 Å². The smallest absolute Gasteiger partial charge is 0.264 e. The zero-order valence-corrected chi connectivity index (χ0v) is 24.4.